The SMILES string of the molecule is Cc1cc(C)cc([C@H]2NC(=O)OCC2(C)C)c1.Cl. The Morgan fingerprint density at radius 2 is 1.78 bits per heavy atom. The fraction of sp³-hybridized carbons (Fsp3) is 0.500. The monoisotopic (exact) mass is 269 g/mol. The summed E-state index contributed by atoms with van der Waals surface area (Å²) in [6.45, 7) is 8.81. The predicted molar refractivity (Wildman–Crippen MR) is 74.2 cm³/mol. The minimum absolute atomic E-state index is 0. The van der Waals surface area contributed by atoms with Gasteiger partial charge in [-0.1, -0.05) is 43.2 Å². The highest BCUT2D eigenvalue weighted by atomic mass is 35.5. The zero-order valence-electron chi connectivity index (χ0n) is 11.2. The highest BCUT2D eigenvalue weighted by Gasteiger charge is 2.37. The van der Waals surface area contributed by atoms with E-state index >= 15 is 0 Å². The lowest BCUT2D eigenvalue weighted by atomic mass is 9.80. The Labute approximate surface area is 114 Å². The molecule has 0 aliphatic carbocycles. The Bertz CT molecular complexity index is 437. The number of hydrogen-bond acceptors (Lipinski definition) is 2. The topological polar surface area (TPSA) is 38.3 Å². The first-order valence-electron chi connectivity index (χ1n) is 5.90. The van der Waals surface area contributed by atoms with E-state index in [2.05, 4.69) is 51.2 Å². The van der Waals surface area contributed by atoms with E-state index in [4.69, 9.17) is 4.74 Å². The van der Waals surface area contributed by atoms with Crippen molar-refractivity contribution >= 4 is 18.5 Å². The first kappa shape index (κ1) is 14.8. The van der Waals surface area contributed by atoms with Crippen LogP contribution in [0.3, 0.4) is 0 Å². The number of nitrogens with one attached hydrogen (secondary N) is 1. The molecule has 0 bridgehead atoms. The summed E-state index contributed by atoms with van der Waals surface area (Å²) < 4.78 is 5.06. The Morgan fingerprint density at radius 3 is 2.33 bits per heavy atom. The van der Waals surface area contributed by atoms with Crippen LogP contribution in [-0.2, 0) is 4.74 Å². The van der Waals surface area contributed by atoms with Crippen LogP contribution < -0.4 is 5.32 Å². The third-order valence-electron chi connectivity index (χ3n) is 3.20. The predicted octanol–water partition coefficient (Wildman–Crippen LogP) is 3.53. The van der Waals surface area contributed by atoms with Gasteiger partial charge in [0.25, 0.3) is 0 Å². The molecule has 100 valence electrons. The molecule has 2 rings (SSSR count). The standard InChI is InChI=1S/C14H19NO2.ClH/c1-9-5-10(2)7-11(6-9)12-14(3,4)8-17-13(16)15-12;/h5-7,12H,8H2,1-4H3,(H,15,16);1H/t12-;/m1./s1. The van der Waals surface area contributed by atoms with Crippen molar-refractivity contribution < 1.29 is 9.53 Å². The minimum atomic E-state index is -0.325. The number of hydrogen-bond donors (Lipinski definition) is 1. The van der Waals surface area contributed by atoms with Gasteiger partial charge in [-0.25, -0.2) is 4.79 Å². The van der Waals surface area contributed by atoms with Gasteiger partial charge in [-0.05, 0) is 19.4 Å². The molecule has 0 aromatic heterocycles. The van der Waals surface area contributed by atoms with Crippen LogP contribution >= 0.6 is 12.4 Å². The van der Waals surface area contributed by atoms with Crippen molar-refractivity contribution in [3.8, 4) is 0 Å². The van der Waals surface area contributed by atoms with Gasteiger partial charge in [-0.2, -0.15) is 0 Å². The molecule has 0 spiro atoms. The van der Waals surface area contributed by atoms with Crippen molar-refractivity contribution in [3.05, 3.63) is 34.9 Å². The van der Waals surface area contributed by atoms with Crippen molar-refractivity contribution in [1.82, 2.24) is 5.32 Å². The van der Waals surface area contributed by atoms with Crippen LogP contribution in [-0.4, -0.2) is 12.7 Å². The molecule has 1 saturated heterocycles. The van der Waals surface area contributed by atoms with Gasteiger partial charge < -0.3 is 10.1 Å². The normalized spacial score (nSPS) is 21.6. The molecular formula is C14H20ClNO2. The molecule has 1 aliphatic rings. The average molecular weight is 270 g/mol. The summed E-state index contributed by atoms with van der Waals surface area (Å²) >= 11 is 0. The molecule has 1 aromatic carbocycles. The molecule has 3 nitrogen and oxygen atoms in total. The van der Waals surface area contributed by atoms with E-state index in [1.54, 1.807) is 0 Å². The Hall–Kier alpha value is -1.22. The average Bonchev–Trinajstić information content (AvgIpc) is 2.20. The second-order valence-corrected chi connectivity index (χ2v) is 5.56. The van der Waals surface area contributed by atoms with E-state index in [1.165, 1.54) is 11.1 Å². The van der Waals surface area contributed by atoms with Gasteiger partial charge in [0.1, 0.15) is 6.61 Å². The molecule has 1 N–H and O–H groups in total. The second kappa shape index (κ2) is 5.19. The van der Waals surface area contributed by atoms with Crippen molar-refractivity contribution in [1.29, 1.82) is 0 Å². The summed E-state index contributed by atoms with van der Waals surface area (Å²) in [6.07, 6.45) is -0.325. The fourth-order valence-electron chi connectivity index (χ4n) is 2.40. The third kappa shape index (κ3) is 2.96. The largest absolute Gasteiger partial charge is 0.449 e. The quantitative estimate of drug-likeness (QED) is 0.847. The fourth-order valence-corrected chi connectivity index (χ4v) is 2.40. The molecule has 4 heteroatoms. The lowest BCUT2D eigenvalue weighted by Gasteiger charge is -2.38. The summed E-state index contributed by atoms with van der Waals surface area (Å²) in [4.78, 5) is 11.4. The van der Waals surface area contributed by atoms with Crippen LogP contribution in [0.25, 0.3) is 0 Å². The number of amides is 1. The number of carbonyl (C=O) groups excluding carboxylic acids is 1. The molecule has 1 fully saturated rings. The smallest absolute Gasteiger partial charge is 0.407 e. The number of cyclic esters (lactones) is 1. The highest BCUT2D eigenvalue weighted by molar-refractivity contribution is 5.85. The maximum absolute atomic E-state index is 11.4. The third-order valence-corrected chi connectivity index (χ3v) is 3.20. The zero-order chi connectivity index (χ0) is 12.6. The van der Waals surface area contributed by atoms with Crippen LogP contribution in [0.5, 0.6) is 0 Å². The van der Waals surface area contributed by atoms with Crippen molar-refractivity contribution in [3.63, 3.8) is 0 Å². The Balaban J connectivity index is 0.00000162. The lowest BCUT2D eigenvalue weighted by Crippen LogP contribution is -2.46. The van der Waals surface area contributed by atoms with Gasteiger partial charge in [0.15, 0.2) is 0 Å². The number of carbonyl (C=O) groups is 1. The van der Waals surface area contributed by atoms with Crippen molar-refractivity contribution in [2.75, 3.05) is 6.61 Å². The van der Waals surface area contributed by atoms with E-state index in [1.807, 2.05) is 0 Å². The molecule has 1 amide bonds. The number of aryl methyl sites for hydroxylation is 2. The van der Waals surface area contributed by atoms with Gasteiger partial charge in [0.2, 0.25) is 0 Å². The van der Waals surface area contributed by atoms with Crippen LogP contribution in [0.15, 0.2) is 18.2 Å². The highest BCUT2D eigenvalue weighted by Crippen LogP contribution is 2.36. The summed E-state index contributed by atoms with van der Waals surface area (Å²) in [5.74, 6) is 0. The number of rotatable bonds is 1. The van der Waals surface area contributed by atoms with Gasteiger partial charge in [0, 0.05) is 5.41 Å². The zero-order valence-corrected chi connectivity index (χ0v) is 12.1. The van der Waals surface area contributed by atoms with Gasteiger partial charge in [-0.3, -0.25) is 0 Å². The molecule has 18 heavy (non-hydrogen) atoms. The first-order valence-corrected chi connectivity index (χ1v) is 5.90. The summed E-state index contributed by atoms with van der Waals surface area (Å²) in [6, 6.07) is 6.41. The Morgan fingerprint density at radius 1 is 1.22 bits per heavy atom. The maximum Gasteiger partial charge on any atom is 0.407 e. The molecule has 0 radical (unpaired) electrons. The van der Waals surface area contributed by atoms with E-state index in [0.717, 1.165) is 5.56 Å². The van der Waals surface area contributed by atoms with E-state index in [0.29, 0.717) is 6.61 Å². The van der Waals surface area contributed by atoms with Crippen LogP contribution in [0.1, 0.15) is 36.6 Å². The second-order valence-electron chi connectivity index (χ2n) is 5.56. The van der Waals surface area contributed by atoms with E-state index < -0.39 is 0 Å². The molecule has 0 unspecified atom stereocenters. The number of benzene rings is 1. The van der Waals surface area contributed by atoms with Gasteiger partial charge in [0.05, 0.1) is 6.04 Å². The molecule has 1 aromatic rings. The van der Waals surface area contributed by atoms with E-state index in [-0.39, 0.29) is 30.0 Å². The summed E-state index contributed by atoms with van der Waals surface area (Å²) in [7, 11) is 0. The number of halogens is 1. The molecule has 0 saturated carbocycles. The number of ether oxygens (including phenoxy) is 1. The molecule has 1 atom stereocenters. The van der Waals surface area contributed by atoms with Crippen LogP contribution in [0.4, 0.5) is 4.79 Å². The first-order chi connectivity index (χ1) is 7.88. The summed E-state index contributed by atoms with van der Waals surface area (Å²) in [5.41, 5.74) is 3.51. The van der Waals surface area contributed by atoms with Gasteiger partial charge in [-0.15, -0.1) is 12.4 Å². The summed E-state index contributed by atoms with van der Waals surface area (Å²) in [5, 5.41) is 2.92. The van der Waals surface area contributed by atoms with Crippen LogP contribution in [0.2, 0.25) is 0 Å². The van der Waals surface area contributed by atoms with Gasteiger partial charge >= 0.3 is 6.09 Å². The molecular weight excluding hydrogens is 250 g/mol. The lowest BCUT2D eigenvalue weighted by molar-refractivity contribution is 0.0387. The van der Waals surface area contributed by atoms with Crippen molar-refractivity contribution in [2.24, 2.45) is 5.41 Å². The Kier molecular flexibility index (Phi) is 4.28. The maximum atomic E-state index is 11.4. The van der Waals surface area contributed by atoms with E-state index in [9.17, 15) is 4.79 Å². The molecule has 1 heterocycles. The van der Waals surface area contributed by atoms with Crippen molar-refractivity contribution in [2.45, 2.75) is 33.7 Å². The number of alkyl carbamates (subject to hydrolysis) is 1. The van der Waals surface area contributed by atoms with Crippen LogP contribution in [0, 0.1) is 19.3 Å². The minimum Gasteiger partial charge on any atom is -0.449 e. The molecule has 1 aliphatic heterocycles.